The third kappa shape index (κ3) is 3.40. The summed E-state index contributed by atoms with van der Waals surface area (Å²) in [5, 5.41) is 14.1. The second-order valence-electron chi connectivity index (χ2n) is 5.54. The van der Waals surface area contributed by atoms with Gasteiger partial charge < -0.3 is 5.11 Å². The molecule has 0 radical (unpaired) electrons. The fourth-order valence-electron chi connectivity index (χ4n) is 2.70. The van der Waals surface area contributed by atoms with E-state index in [0.29, 0.717) is 17.7 Å². The summed E-state index contributed by atoms with van der Waals surface area (Å²) in [4.78, 5) is 12.3. The first-order valence-corrected chi connectivity index (χ1v) is 9.12. The Morgan fingerprint density at radius 3 is 2.52 bits per heavy atom. The van der Waals surface area contributed by atoms with Crippen LogP contribution in [0.3, 0.4) is 0 Å². The maximum atomic E-state index is 12.2. The van der Waals surface area contributed by atoms with Crippen LogP contribution in [0.2, 0.25) is 0 Å². The monoisotopic (exact) mass is 359 g/mol. The predicted octanol–water partition coefficient (Wildman–Crippen LogP) is 1.38. The zero-order valence-corrected chi connectivity index (χ0v) is 14.3. The van der Waals surface area contributed by atoms with E-state index < -0.39 is 15.9 Å². The quantitative estimate of drug-likeness (QED) is 0.717. The molecule has 2 aromatic rings. The molecule has 2 aromatic carbocycles. The van der Waals surface area contributed by atoms with Crippen LogP contribution in [-0.4, -0.2) is 32.2 Å². The number of phenols is 1. The summed E-state index contributed by atoms with van der Waals surface area (Å²) >= 11 is 0. The van der Waals surface area contributed by atoms with Crippen LogP contribution < -0.4 is 10.1 Å². The van der Waals surface area contributed by atoms with E-state index in [1.807, 2.05) is 6.07 Å². The van der Waals surface area contributed by atoms with Gasteiger partial charge in [0.15, 0.2) is 0 Å². The SMILES string of the molecule is CNS(=O)(=O)c1ccc(C(=O)N/N=C2\CCc3cccc(O)c32)cc1. The zero-order valence-electron chi connectivity index (χ0n) is 13.5. The minimum atomic E-state index is -3.54. The largest absolute Gasteiger partial charge is 0.507 e. The number of hydrogen-bond acceptors (Lipinski definition) is 5. The molecule has 1 aliphatic carbocycles. The number of benzene rings is 2. The van der Waals surface area contributed by atoms with E-state index in [0.717, 1.165) is 12.0 Å². The summed E-state index contributed by atoms with van der Waals surface area (Å²) in [6, 6.07) is 10.8. The zero-order chi connectivity index (χ0) is 18.0. The Balaban J connectivity index is 1.76. The van der Waals surface area contributed by atoms with Crippen LogP contribution in [0.4, 0.5) is 0 Å². The highest BCUT2D eigenvalue weighted by Crippen LogP contribution is 2.29. The van der Waals surface area contributed by atoms with E-state index in [4.69, 9.17) is 0 Å². The van der Waals surface area contributed by atoms with E-state index in [1.165, 1.54) is 31.3 Å². The van der Waals surface area contributed by atoms with Crippen molar-refractivity contribution in [1.29, 1.82) is 0 Å². The molecule has 0 spiro atoms. The number of amides is 1. The summed E-state index contributed by atoms with van der Waals surface area (Å²) in [6.07, 6.45) is 1.39. The first-order chi connectivity index (χ1) is 11.9. The van der Waals surface area contributed by atoms with Crippen LogP contribution >= 0.6 is 0 Å². The van der Waals surface area contributed by atoms with Crippen LogP contribution in [0.25, 0.3) is 0 Å². The average molecular weight is 359 g/mol. The summed E-state index contributed by atoms with van der Waals surface area (Å²) in [7, 11) is -2.22. The van der Waals surface area contributed by atoms with Gasteiger partial charge in [-0.1, -0.05) is 12.1 Å². The van der Waals surface area contributed by atoms with Gasteiger partial charge in [0.1, 0.15) is 5.75 Å². The summed E-state index contributed by atoms with van der Waals surface area (Å²) in [6.45, 7) is 0. The Kier molecular flexibility index (Phi) is 4.56. The van der Waals surface area contributed by atoms with E-state index in [2.05, 4.69) is 15.2 Å². The van der Waals surface area contributed by atoms with Gasteiger partial charge in [0.05, 0.1) is 10.6 Å². The Hall–Kier alpha value is -2.71. The number of sulfonamides is 1. The lowest BCUT2D eigenvalue weighted by Crippen LogP contribution is -2.21. The lowest BCUT2D eigenvalue weighted by atomic mass is 10.1. The summed E-state index contributed by atoms with van der Waals surface area (Å²) in [5.41, 5.74) is 5.02. The molecule has 0 bridgehead atoms. The van der Waals surface area contributed by atoms with Gasteiger partial charge in [-0.15, -0.1) is 0 Å². The van der Waals surface area contributed by atoms with Gasteiger partial charge in [-0.05, 0) is 55.8 Å². The van der Waals surface area contributed by atoms with Crippen LogP contribution in [0.5, 0.6) is 5.75 Å². The van der Waals surface area contributed by atoms with Gasteiger partial charge in [0, 0.05) is 11.1 Å². The van der Waals surface area contributed by atoms with Crippen LogP contribution in [0, 0.1) is 0 Å². The summed E-state index contributed by atoms with van der Waals surface area (Å²) in [5.74, 6) is -0.311. The number of aryl methyl sites for hydroxylation is 1. The molecule has 0 heterocycles. The second kappa shape index (κ2) is 6.66. The third-order valence-electron chi connectivity index (χ3n) is 4.04. The van der Waals surface area contributed by atoms with Crippen LogP contribution in [0.1, 0.15) is 27.9 Å². The molecule has 7 nitrogen and oxygen atoms in total. The van der Waals surface area contributed by atoms with E-state index in [-0.39, 0.29) is 16.2 Å². The molecule has 0 atom stereocenters. The number of hydrogen-bond donors (Lipinski definition) is 3. The molecule has 0 unspecified atom stereocenters. The molecule has 25 heavy (non-hydrogen) atoms. The molecular weight excluding hydrogens is 342 g/mol. The lowest BCUT2D eigenvalue weighted by Gasteiger charge is -2.06. The van der Waals surface area contributed by atoms with Crippen molar-refractivity contribution in [2.75, 3.05) is 7.05 Å². The molecule has 0 fully saturated rings. The average Bonchev–Trinajstić information content (AvgIpc) is 3.04. The predicted molar refractivity (Wildman–Crippen MR) is 93.1 cm³/mol. The van der Waals surface area contributed by atoms with Crippen LogP contribution in [0.15, 0.2) is 52.5 Å². The second-order valence-corrected chi connectivity index (χ2v) is 7.43. The highest BCUT2D eigenvalue weighted by molar-refractivity contribution is 7.89. The van der Waals surface area contributed by atoms with Gasteiger partial charge in [-0.25, -0.2) is 18.6 Å². The number of fused-ring (bicyclic) bond motifs is 1. The molecule has 130 valence electrons. The smallest absolute Gasteiger partial charge is 0.271 e. The summed E-state index contributed by atoms with van der Waals surface area (Å²) < 4.78 is 25.6. The van der Waals surface area contributed by atoms with Crippen molar-refractivity contribution in [2.24, 2.45) is 5.10 Å². The third-order valence-corrected chi connectivity index (χ3v) is 5.47. The number of aromatic hydroxyl groups is 1. The number of rotatable bonds is 4. The molecule has 0 aromatic heterocycles. The highest BCUT2D eigenvalue weighted by atomic mass is 32.2. The Bertz CT molecular complexity index is 950. The molecule has 1 amide bonds. The molecular formula is C17H17N3O4S. The number of carbonyl (C=O) groups excluding carboxylic acids is 1. The van der Waals surface area contributed by atoms with Crippen molar-refractivity contribution in [1.82, 2.24) is 10.1 Å². The topological polar surface area (TPSA) is 108 Å². The molecule has 3 rings (SSSR count). The van der Waals surface area contributed by atoms with Crippen molar-refractivity contribution in [3.63, 3.8) is 0 Å². The molecule has 0 saturated heterocycles. The Morgan fingerprint density at radius 2 is 1.84 bits per heavy atom. The molecule has 3 N–H and O–H groups in total. The fraction of sp³-hybridized carbons (Fsp3) is 0.176. The van der Waals surface area contributed by atoms with Gasteiger partial charge >= 0.3 is 0 Å². The molecule has 0 saturated carbocycles. The number of carbonyl (C=O) groups is 1. The molecule has 8 heteroatoms. The Morgan fingerprint density at radius 1 is 1.12 bits per heavy atom. The van der Waals surface area contributed by atoms with Crippen molar-refractivity contribution in [3.05, 3.63) is 59.2 Å². The van der Waals surface area contributed by atoms with E-state index in [1.54, 1.807) is 12.1 Å². The highest BCUT2D eigenvalue weighted by Gasteiger charge is 2.21. The lowest BCUT2D eigenvalue weighted by molar-refractivity contribution is 0.0954. The maximum absolute atomic E-state index is 12.2. The minimum Gasteiger partial charge on any atom is -0.507 e. The van der Waals surface area contributed by atoms with Crippen molar-refractivity contribution < 1.29 is 18.3 Å². The number of phenolic OH excluding ortho intramolecular Hbond substituents is 1. The number of nitrogens with zero attached hydrogens (tertiary/aromatic N) is 1. The molecule has 0 aliphatic heterocycles. The van der Waals surface area contributed by atoms with E-state index >= 15 is 0 Å². The first kappa shape index (κ1) is 17.1. The normalized spacial score (nSPS) is 15.2. The van der Waals surface area contributed by atoms with Crippen molar-refractivity contribution >= 4 is 21.6 Å². The minimum absolute atomic E-state index is 0.0764. The van der Waals surface area contributed by atoms with Crippen LogP contribution in [-0.2, 0) is 16.4 Å². The van der Waals surface area contributed by atoms with Gasteiger partial charge in [-0.3, -0.25) is 4.79 Å². The number of nitrogens with one attached hydrogen (secondary N) is 2. The standard InChI is InChI=1S/C17H17N3O4S/c1-18-25(23,24)13-8-5-12(6-9-13)17(22)20-19-14-10-7-11-3-2-4-15(21)16(11)14/h2-6,8-9,18,21H,7,10H2,1H3,(H,20,22)/b19-14+. The van der Waals surface area contributed by atoms with Gasteiger partial charge in [0.2, 0.25) is 10.0 Å². The van der Waals surface area contributed by atoms with Crippen molar-refractivity contribution in [3.8, 4) is 5.75 Å². The maximum Gasteiger partial charge on any atom is 0.271 e. The number of hydrazone groups is 1. The first-order valence-electron chi connectivity index (χ1n) is 7.64. The van der Waals surface area contributed by atoms with Gasteiger partial charge in [-0.2, -0.15) is 5.10 Å². The van der Waals surface area contributed by atoms with E-state index in [9.17, 15) is 18.3 Å². The van der Waals surface area contributed by atoms with Crippen molar-refractivity contribution in [2.45, 2.75) is 17.7 Å². The van der Waals surface area contributed by atoms with Gasteiger partial charge in [0.25, 0.3) is 5.91 Å². The molecule has 1 aliphatic rings. The fourth-order valence-corrected chi connectivity index (χ4v) is 3.43. The Labute approximate surface area is 145 Å².